The summed E-state index contributed by atoms with van der Waals surface area (Å²) >= 11 is 0. The van der Waals surface area contributed by atoms with Crippen molar-refractivity contribution in [3.05, 3.63) is 69.3 Å². The molecule has 0 radical (unpaired) electrons. The monoisotopic (exact) mass is 515 g/mol. The van der Waals surface area contributed by atoms with E-state index in [1.807, 2.05) is 46.8 Å². The first-order chi connectivity index (χ1) is 17.9. The Morgan fingerprint density at radius 1 is 0.811 bits per heavy atom. The second-order valence-corrected chi connectivity index (χ2v) is 8.91. The molecule has 2 aromatic rings. The van der Waals surface area contributed by atoms with Crippen LogP contribution in [0.25, 0.3) is 0 Å². The standard InChI is InChI=1S/C30H45NO6/c1-7-33-13-11-12-21(5)28(23-14-22(6)30(37-31)27(17-23)20-36-10-4)24-15-25(18-34-8-2)29(32)26(16-24)19-35-9-3/h12,14-17,28,32H,7-11,13,18-20,31H2,1-6H3/b21-12+. The van der Waals surface area contributed by atoms with Gasteiger partial charge in [-0.1, -0.05) is 17.7 Å². The van der Waals surface area contributed by atoms with Gasteiger partial charge in [0.2, 0.25) is 0 Å². The van der Waals surface area contributed by atoms with Crippen LogP contribution in [0.15, 0.2) is 35.9 Å². The van der Waals surface area contributed by atoms with Crippen molar-refractivity contribution in [1.82, 2.24) is 0 Å². The van der Waals surface area contributed by atoms with Crippen LogP contribution < -0.4 is 10.7 Å². The molecule has 0 aliphatic rings. The Balaban J connectivity index is 2.71. The van der Waals surface area contributed by atoms with E-state index >= 15 is 0 Å². The number of allylic oxidation sites excluding steroid dienone is 1. The second-order valence-electron chi connectivity index (χ2n) is 8.91. The van der Waals surface area contributed by atoms with Gasteiger partial charge >= 0.3 is 0 Å². The molecular formula is C30H45NO6. The van der Waals surface area contributed by atoms with Crippen molar-refractivity contribution in [3.8, 4) is 11.5 Å². The first-order valence-corrected chi connectivity index (χ1v) is 13.2. The normalized spacial score (nSPS) is 12.7. The highest BCUT2D eigenvalue weighted by Gasteiger charge is 2.23. The molecule has 2 rings (SSSR count). The molecule has 1 atom stereocenters. The number of aromatic hydroxyl groups is 1. The van der Waals surface area contributed by atoms with Gasteiger partial charge in [0.1, 0.15) is 5.75 Å². The number of hydrogen-bond acceptors (Lipinski definition) is 7. The van der Waals surface area contributed by atoms with E-state index in [1.54, 1.807) is 0 Å². The molecule has 3 N–H and O–H groups in total. The third kappa shape index (κ3) is 8.83. The summed E-state index contributed by atoms with van der Waals surface area (Å²) in [6.07, 6.45) is 3.03. The summed E-state index contributed by atoms with van der Waals surface area (Å²) in [7, 11) is 0. The number of benzene rings is 2. The predicted octanol–water partition coefficient (Wildman–Crippen LogP) is 6.07. The molecule has 0 amide bonds. The minimum atomic E-state index is -0.0751. The minimum Gasteiger partial charge on any atom is -0.507 e. The van der Waals surface area contributed by atoms with E-state index in [0.29, 0.717) is 58.6 Å². The molecule has 0 aliphatic carbocycles. The van der Waals surface area contributed by atoms with E-state index in [9.17, 15) is 5.11 Å². The molecule has 7 nitrogen and oxygen atoms in total. The molecule has 0 saturated heterocycles. The van der Waals surface area contributed by atoms with Crippen LogP contribution in [-0.2, 0) is 38.8 Å². The number of nitrogens with two attached hydrogens (primary N) is 1. The zero-order valence-corrected chi connectivity index (χ0v) is 23.4. The van der Waals surface area contributed by atoms with E-state index in [1.165, 1.54) is 5.57 Å². The van der Waals surface area contributed by atoms with Gasteiger partial charge < -0.3 is 28.9 Å². The first kappa shape index (κ1) is 30.8. The van der Waals surface area contributed by atoms with E-state index in [-0.39, 0.29) is 11.7 Å². The fourth-order valence-corrected chi connectivity index (χ4v) is 4.48. The van der Waals surface area contributed by atoms with Crippen LogP contribution in [-0.4, -0.2) is 38.1 Å². The molecule has 7 heteroatoms. The van der Waals surface area contributed by atoms with E-state index in [4.69, 9.17) is 29.7 Å². The lowest BCUT2D eigenvalue weighted by Gasteiger charge is -2.24. The summed E-state index contributed by atoms with van der Waals surface area (Å²) in [5.74, 6) is 6.41. The summed E-state index contributed by atoms with van der Waals surface area (Å²) in [5, 5.41) is 11.0. The average Bonchev–Trinajstić information content (AvgIpc) is 2.89. The molecule has 0 fully saturated rings. The Morgan fingerprint density at radius 3 is 1.81 bits per heavy atom. The van der Waals surface area contributed by atoms with Gasteiger partial charge in [-0.25, -0.2) is 0 Å². The van der Waals surface area contributed by atoms with Gasteiger partial charge in [0.05, 0.1) is 19.8 Å². The van der Waals surface area contributed by atoms with Crippen LogP contribution in [0.5, 0.6) is 11.5 Å². The molecular weight excluding hydrogens is 470 g/mol. The molecule has 37 heavy (non-hydrogen) atoms. The Labute approximate surface area is 222 Å². The van der Waals surface area contributed by atoms with Crippen molar-refractivity contribution in [2.24, 2.45) is 5.90 Å². The third-order valence-corrected chi connectivity index (χ3v) is 6.22. The van der Waals surface area contributed by atoms with Gasteiger partial charge in [-0.05, 0) is 82.9 Å². The molecule has 0 heterocycles. The Hall–Kier alpha value is -2.42. The third-order valence-electron chi connectivity index (χ3n) is 6.22. The zero-order chi connectivity index (χ0) is 27.2. The number of phenolic OH excluding ortho intramolecular Hbond substituents is 1. The van der Waals surface area contributed by atoms with Gasteiger partial charge in [0, 0.05) is 55.6 Å². The van der Waals surface area contributed by atoms with E-state index in [2.05, 4.69) is 25.1 Å². The number of hydrogen-bond donors (Lipinski definition) is 2. The summed E-state index contributed by atoms with van der Waals surface area (Å²) in [6.45, 7) is 16.1. The van der Waals surface area contributed by atoms with Gasteiger partial charge in [-0.2, -0.15) is 5.90 Å². The smallest absolute Gasteiger partial charge is 0.155 e. The topological polar surface area (TPSA) is 92.4 Å². The van der Waals surface area contributed by atoms with Crippen LogP contribution in [0.4, 0.5) is 0 Å². The average molecular weight is 516 g/mol. The number of aryl methyl sites for hydroxylation is 1. The quantitative estimate of drug-likeness (QED) is 0.150. The first-order valence-electron chi connectivity index (χ1n) is 13.2. The Kier molecular flexibility index (Phi) is 13.7. The number of ether oxygens (including phenoxy) is 4. The zero-order valence-electron chi connectivity index (χ0n) is 23.4. The highest BCUT2D eigenvalue weighted by molar-refractivity contribution is 5.53. The Bertz CT molecular complexity index is 975. The van der Waals surface area contributed by atoms with Gasteiger partial charge in [0.25, 0.3) is 0 Å². The van der Waals surface area contributed by atoms with Crippen LogP contribution in [0.3, 0.4) is 0 Å². The van der Waals surface area contributed by atoms with Crippen molar-refractivity contribution in [1.29, 1.82) is 0 Å². The van der Waals surface area contributed by atoms with Crippen molar-refractivity contribution >= 4 is 0 Å². The lowest BCUT2D eigenvalue weighted by Crippen LogP contribution is -2.11. The van der Waals surface area contributed by atoms with Gasteiger partial charge in [0.15, 0.2) is 5.75 Å². The van der Waals surface area contributed by atoms with Crippen LogP contribution in [0, 0.1) is 6.92 Å². The van der Waals surface area contributed by atoms with E-state index in [0.717, 1.165) is 39.8 Å². The van der Waals surface area contributed by atoms with Crippen molar-refractivity contribution in [3.63, 3.8) is 0 Å². The highest BCUT2D eigenvalue weighted by Crippen LogP contribution is 2.39. The van der Waals surface area contributed by atoms with E-state index < -0.39 is 0 Å². The molecule has 2 aromatic carbocycles. The number of phenols is 1. The summed E-state index contributed by atoms with van der Waals surface area (Å²) < 4.78 is 22.7. The molecule has 206 valence electrons. The molecule has 0 bridgehead atoms. The lowest BCUT2D eigenvalue weighted by molar-refractivity contribution is 0.126. The second kappa shape index (κ2) is 16.4. The van der Waals surface area contributed by atoms with Crippen molar-refractivity contribution in [2.45, 2.75) is 73.7 Å². The SMILES string of the molecule is CCOCC/C=C(\C)C(c1cc(COCC)c(O)c(COCC)c1)c1cc(C)c(ON)c(COCC)c1. The molecule has 0 aliphatic heterocycles. The molecule has 0 saturated carbocycles. The predicted molar refractivity (Wildman–Crippen MR) is 147 cm³/mol. The summed E-state index contributed by atoms with van der Waals surface area (Å²) in [5.41, 5.74) is 6.64. The minimum absolute atomic E-state index is 0.0751. The van der Waals surface area contributed by atoms with Crippen LogP contribution >= 0.6 is 0 Å². The van der Waals surface area contributed by atoms with Crippen molar-refractivity contribution in [2.75, 3.05) is 33.0 Å². The maximum atomic E-state index is 11.0. The maximum Gasteiger partial charge on any atom is 0.155 e. The van der Waals surface area contributed by atoms with Gasteiger partial charge in [-0.15, -0.1) is 0 Å². The summed E-state index contributed by atoms with van der Waals surface area (Å²) in [6, 6.07) is 8.29. The molecule has 0 aromatic heterocycles. The molecule has 1 unspecified atom stereocenters. The highest BCUT2D eigenvalue weighted by atomic mass is 16.6. The van der Waals surface area contributed by atoms with Gasteiger partial charge in [-0.3, -0.25) is 0 Å². The van der Waals surface area contributed by atoms with Crippen molar-refractivity contribution < 1.29 is 28.9 Å². The lowest BCUT2D eigenvalue weighted by atomic mass is 9.82. The van der Waals surface area contributed by atoms with Crippen LogP contribution in [0.1, 0.15) is 80.3 Å². The van der Waals surface area contributed by atoms with Crippen LogP contribution in [0.2, 0.25) is 0 Å². The maximum absolute atomic E-state index is 11.0. The fourth-order valence-electron chi connectivity index (χ4n) is 4.48. The summed E-state index contributed by atoms with van der Waals surface area (Å²) in [4.78, 5) is 5.23. The Morgan fingerprint density at radius 2 is 1.30 bits per heavy atom. The fraction of sp³-hybridized carbons (Fsp3) is 0.533. The number of rotatable bonds is 17. The largest absolute Gasteiger partial charge is 0.507 e. The molecule has 0 spiro atoms.